The minimum atomic E-state index is -5.26. The van der Waals surface area contributed by atoms with Crippen LogP contribution in [-0.2, 0) is 14.8 Å². The molecule has 0 aromatic rings. The summed E-state index contributed by atoms with van der Waals surface area (Å²) in [6.07, 6.45) is 3.74. The maximum atomic E-state index is 12.7. The van der Waals surface area contributed by atoms with Crippen LogP contribution in [0.4, 0.5) is 13.2 Å². The fourth-order valence-corrected chi connectivity index (χ4v) is 4.68. The fraction of sp³-hybridized carbons (Fsp3) is 0.944. The first-order chi connectivity index (χ1) is 13.4. The summed E-state index contributed by atoms with van der Waals surface area (Å²) >= 11 is 0. The molecule has 1 aliphatic heterocycles. The van der Waals surface area contributed by atoms with E-state index >= 15 is 0 Å². The van der Waals surface area contributed by atoms with Gasteiger partial charge in [-0.15, -0.1) is 0 Å². The Balaban J connectivity index is 1.82. The minimum absolute atomic E-state index is 0.0600. The van der Waals surface area contributed by atoms with Gasteiger partial charge in [0.1, 0.15) is 0 Å². The van der Waals surface area contributed by atoms with Crippen LogP contribution in [0.15, 0.2) is 4.99 Å². The van der Waals surface area contributed by atoms with Crippen molar-refractivity contribution in [2.75, 3.05) is 26.7 Å². The summed E-state index contributed by atoms with van der Waals surface area (Å²) < 4.78 is 67.5. The van der Waals surface area contributed by atoms with E-state index in [2.05, 4.69) is 36.4 Å². The molecular formula is C18H33F3N4O3S. The third-order valence-corrected chi connectivity index (χ3v) is 7.59. The summed E-state index contributed by atoms with van der Waals surface area (Å²) in [4.78, 5) is 4.22. The molecule has 0 spiro atoms. The Hall–Kier alpha value is -1.07. The summed E-state index contributed by atoms with van der Waals surface area (Å²) in [7, 11) is -3.62. The van der Waals surface area contributed by atoms with Gasteiger partial charge in [0.05, 0.1) is 6.10 Å². The monoisotopic (exact) mass is 442 g/mol. The fourth-order valence-electron chi connectivity index (χ4n) is 3.70. The Bertz CT molecular complexity index is 674. The molecular weight excluding hydrogens is 409 g/mol. The number of unbranched alkanes of at least 4 members (excludes halogenated alkanes) is 1. The van der Waals surface area contributed by atoms with Crippen LogP contribution in [0.5, 0.6) is 0 Å². The van der Waals surface area contributed by atoms with E-state index in [4.69, 9.17) is 4.74 Å². The number of ether oxygens (including phenoxy) is 1. The van der Waals surface area contributed by atoms with Gasteiger partial charge in [0.15, 0.2) is 5.96 Å². The van der Waals surface area contributed by atoms with Crippen LogP contribution in [0.2, 0.25) is 0 Å². The van der Waals surface area contributed by atoms with Gasteiger partial charge in [-0.3, -0.25) is 4.99 Å². The van der Waals surface area contributed by atoms with Crippen LogP contribution in [0.1, 0.15) is 52.9 Å². The molecule has 0 bridgehead atoms. The van der Waals surface area contributed by atoms with Gasteiger partial charge in [-0.05, 0) is 25.7 Å². The number of nitrogens with zero attached hydrogens (tertiary/aromatic N) is 2. The second-order valence-corrected chi connectivity index (χ2v) is 10.2. The number of nitrogens with one attached hydrogen (secondary N) is 2. The van der Waals surface area contributed by atoms with Crippen LogP contribution in [0.25, 0.3) is 0 Å². The molecule has 1 heterocycles. The zero-order valence-electron chi connectivity index (χ0n) is 17.6. The highest BCUT2D eigenvalue weighted by molar-refractivity contribution is 7.90. The second-order valence-electron chi connectivity index (χ2n) is 8.31. The molecule has 2 N–H and O–H groups in total. The Kier molecular flexibility index (Phi) is 7.83. The molecule has 1 aliphatic carbocycles. The minimum Gasteiger partial charge on any atom is -0.378 e. The van der Waals surface area contributed by atoms with Gasteiger partial charge in [0.25, 0.3) is 0 Å². The van der Waals surface area contributed by atoms with Crippen molar-refractivity contribution in [3.05, 3.63) is 0 Å². The highest BCUT2D eigenvalue weighted by atomic mass is 32.2. The summed E-state index contributed by atoms with van der Waals surface area (Å²) in [5.41, 5.74) is -5.31. The average molecular weight is 443 g/mol. The zero-order chi connectivity index (χ0) is 21.9. The normalized spacial score (nSPS) is 26.8. The number of halogens is 3. The van der Waals surface area contributed by atoms with Crippen LogP contribution >= 0.6 is 0 Å². The average Bonchev–Trinajstić information content (AvgIpc) is 2.65. The van der Waals surface area contributed by atoms with Crippen molar-refractivity contribution in [3.63, 3.8) is 0 Å². The number of hydrogen-bond acceptors (Lipinski definition) is 4. The highest BCUT2D eigenvalue weighted by Gasteiger charge is 2.51. The van der Waals surface area contributed by atoms with Crippen LogP contribution < -0.4 is 10.6 Å². The van der Waals surface area contributed by atoms with Crippen molar-refractivity contribution in [2.45, 2.75) is 76.6 Å². The van der Waals surface area contributed by atoms with Gasteiger partial charge in [-0.2, -0.15) is 17.5 Å². The quantitative estimate of drug-likeness (QED) is 0.360. The predicted molar refractivity (Wildman–Crippen MR) is 106 cm³/mol. The van der Waals surface area contributed by atoms with Crippen molar-refractivity contribution in [3.8, 4) is 0 Å². The van der Waals surface area contributed by atoms with Gasteiger partial charge in [0, 0.05) is 44.2 Å². The lowest BCUT2D eigenvalue weighted by molar-refractivity contribution is -0.113. The predicted octanol–water partition coefficient (Wildman–Crippen LogP) is 2.45. The maximum Gasteiger partial charge on any atom is 0.511 e. The Morgan fingerprint density at radius 2 is 1.86 bits per heavy atom. The molecule has 2 fully saturated rings. The molecule has 0 aromatic heterocycles. The molecule has 1 saturated heterocycles. The summed E-state index contributed by atoms with van der Waals surface area (Å²) in [6.45, 7) is 6.82. The number of alkyl halides is 3. The number of sulfonamides is 1. The number of aliphatic imine (C=N–C) groups is 1. The zero-order valence-corrected chi connectivity index (χ0v) is 18.4. The molecule has 1 saturated carbocycles. The largest absolute Gasteiger partial charge is 0.511 e. The number of guanidine groups is 1. The third-order valence-electron chi connectivity index (χ3n) is 5.96. The first-order valence-electron chi connectivity index (χ1n) is 10.1. The van der Waals surface area contributed by atoms with Crippen LogP contribution in [0.3, 0.4) is 0 Å². The molecule has 0 aromatic carbocycles. The lowest BCUT2D eigenvalue weighted by Crippen LogP contribution is -2.64. The SMILES string of the molecule is CCCCOC1CC(NC(=NC)NC2CCN(S(=O)(=O)C(F)(F)F)CC2)C1(C)C. The van der Waals surface area contributed by atoms with Crippen molar-refractivity contribution in [1.82, 2.24) is 14.9 Å². The third kappa shape index (κ3) is 5.55. The van der Waals surface area contributed by atoms with Gasteiger partial charge >= 0.3 is 15.5 Å². The van der Waals surface area contributed by atoms with Gasteiger partial charge in [0.2, 0.25) is 0 Å². The molecule has 2 atom stereocenters. The molecule has 11 heteroatoms. The molecule has 2 unspecified atom stereocenters. The summed E-state index contributed by atoms with van der Waals surface area (Å²) in [5, 5.41) is 6.59. The molecule has 0 radical (unpaired) electrons. The lowest BCUT2D eigenvalue weighted by atomic mass is 9.64. The first kappa shape index (κ1) is 24.2. The van der Waals surface area contributed by atoms with Crippen molar-refractivity contribution in [2.24, 2.45) is 10.4 Å². The molecule has 2 rings (SSSR count). The molecule has 170 valence electrons. The molecule has 0 amide bonds. The first-order valence-corrected chi connectivity index (χ1v) is 11.5. The Labute approximate surface area is 171 Å². The lowest BCUT2D eigenvalue weighted by Gasteiger charge is -2.52. The summed E-state index contributed by atoms with van der Waals surface area (Å²) in [6, 6.07) is 0.0340. The maximum absolute atomic E-state index is 12.7. The number of rotatable bonds is 7. The Morgan fingerprint density at radius 1 is 1.24 bits per heavy atom. The summed E-state index contributed by atoms with van der Waals surface area (Å²) in [5.74, 6) is 0.576. The van der Waals surface area contributed by atoms with E-state index in [0.29, 0.717) is 10.3 Å². The van der Waals surface area contributed by atoms with Crippen molar-refractivity contribution < 1.29 is 26.3 Å². The Morgan fingerprint density at radius 3 is 2.34 bits per heavy atom. The van der Waals surface area contributed by atoms with E-state index in [1.807, 2.05) is 0 Å². The number of hydrogen-bond donors (Lipinski definition) is 2. The van der Waals surface area contributed by atoms with Crippen LogP contribution in [-0.4, -0.2) is 69.1 Å². The van der Waals surface area contributed by atoms with E-state index in [0.717, 1.165) is 25.9 Å². The van der Waals surface area contributed by atoms with Crippen molar-refractivity contribution >= 4 is 16.0 Å². The standard InChI is InChI=1S/C18H33F3N4O3S/c1-5-6-11-28-15-12-14(17(15,2)3)24-16(22-4)23-13-7-9-25(10-8-13)29(26,27)18(19,20)21/h13-15H,5-12H2,1-4H3,(H2,22,23,24). The second kappa shape index (κ2) is 9.38. The van der Waals surface area contributed by atoms with Gasteiger partial charge in [-0.1, -0.05) is 27.2 Å². The van der Waals surface area contributed by atoms with Gasteiger partial charge in [-0.25, -0.2) is 8.42 Å². The topological polar surface area (TPSA) is 83.0 Å². The molecule has 29 heavy (non-hydrogen) atoms. The van der Waals surface area contributed by atoms with Crippen molar-refractivity contribution in [1.29, 1.82) is 0 Å². The molecule has 2 aliphatic rings. The number of piperidine rings is 1. The highest BCUT2D eigenvalue weighted by Crippen LogP contribution is 2.42. The van der Waals surface area contributed by atoms with E-state index in [9.17, 15) is 21.6 Å². The van der Waals surface area contributed by atoms with E-state index in [1.54, 1.807) is 7.05 Å². The van der Waals surface area contributed by atoms with E-state index in [1.165, 1.54) is 0 Å². The smallest absolute Gasteiger partial charge is 0.378 e. The van der Waals surface area contributed by atoms with Gasteiger partial charge < -0.3 is 15.4 Å². The molecule has 7 nitrogen and oxygen atoms in total. The van der Waals surface area contributed by atoms with Crippen LogP contribution in [0, 0.1) is 5.41 Å². The van der Waals surface area contributed by atoms with E-state index in [-0.39, 0.29) is 49.5 Å². The van der Waals surface area contributed by atoms with E-state index < -0.39 is 15.5 Å².